The van der Waals surface area contributed by atoms with Gasteiger partial charge in [0.2, 0.25) is 11.8 Å². The molecule has 0 bridgehead atoms. The van der Waals surface area contributed by atoms with Crippen molar-refractivity contribution in [3.8, 4) is 5.75 Å². The van der Waals surface area contributed by atoms with Crippen LogP contribution in [0.1, 0.15) is 11.1 Å². The van der Waals surface area contributed by atoms with Crippen LogP contribution < -0.4 is 15.0 Å². The maximum absolute atomic E-state index is 13.6. The first-order valence-corrected chi connectivity index (χ1v) is 12.6. The fourth-order valence-electron chi connectivity index (χ4n) is 5.48. The number of nitrogens with zero attached hydrogens (tertiary/aromatic N) is 3. The van der Waals surface area contributed by atoms with E-state index in [1.54, 1.807) is 19.2 Å². The largest absolute Gasteiger partial charge is 0.497 e. The van der Waals surface area contributed by atoms with Gasteiger partial charge >= 0.3 is 0 Å². The van der Waals surface area contributed by atoms with Crippen molar-refractivity contribution >= 4 is 17.5 Å². The van der Waals surface area contributed by atoms with Crippen LogP contribution in [0.4, 0.5) is 10.1 Å². The second-order valence-electron chi connectivity index (χ2n) is 9.64. The first-order valence-electron chi connectivity index (χ1n) is 12.6. The SMILES string of the molecule is COc1ccc2c(c1)N1CCN(CC(=O)N3CCOCC3)C[C@H]1[C@@H](C(=O)NCc1cccc(F)c1)C2. The van der Waals surface area contributed by atoms with E-state index in [0.29, 0.717) is 45.8 Å². The number of fused-ring (bicyclic) bond motifs is 3. The molecule has 0 aromatic heterocycles. The number of piperazine rings is 1. The van der Waals surface area contributed by atoms with Crippen molar-refractivity contribution in [3.05, 3.63) is 59.4 Å². The molecule has 8 nitrogen and oxygen atoms in total. The zero-order valence-electron chi connectivity index (χ0n) is 20.6. The second-order valence-corrected chi connectivity index (χ2v) is 9.64. The molecule has 0 spiro atoms. The molecule has 2 amide bonds. The lowest BCUT2D eigenvalue weighted by Gasteiger charge is -2.49. The van der Waals surface area contributed by atoms with Gasteiger partial charge in [-0.1, -0.05) is 18.2 Å². The van der Waals surface area contributed by atoms with Gasteiger partial charge in [-0.2, -0.15) is 0 Å². The maximum atomic E-state index is 13.6. The molecule has 2 atom stereocenters. The summed E-state index contributed by atoms with van der Waals surface area (Å²) >= 11 is 0. The van der Waals surface area contributed by atoms with Crippen molar-refractivity contribution in [2.24, 2.45) is 5.92 Å². The Morgan fingerprint density at radius 2 is 1.94 bits per heavy atom. The van der Waals surface area contributed by atoms with E-state index >= 15 is 0 Å². The number of hydrogen-bond donors (Lipinski definition) is 1. The Hall–Kier alpha value is -3.17. The third-order valence-electron chi connectivity index (χ3n) is 7.42. The first kappa shape index (κ1) is 24.5. The number of hydrogen-bond acceptors (Lipinski definition) is 6. The molecule has 0 radical (unpaired) electrons. The predicted octanol–water partition coefficient (Wildman–Crippen LogP) is 1.67. The maximum Gasteiger partial charge on any atom is 0.236 e. The van der Waals surface area contributed by atoms with Crippen LogP contribution in [0.5, 0.6) is 5.75 Å². The zero-order valence-corrected chi connectivity index (χ0v) is 20.6. The number of halogens is 1. The minimum Gasteiger partial charge on any atom is -0.497 e. The predicted molar refractivity (Wildman–Crippen MR) is 133 cm³/mol. The minimum absolute atomic E-state index is 0.0583. The molecule has 5 rings (SSSR count). The molecule has 1 N–H and O–H groups in total. The minimum atomic E-state index is -0.318. The van der Waals surface area contributed by atoms with E-state index in [9.17, 15) is 14.0 Å². The number of methoxy groups -OCH3 is 1. The van der Waals surface area contributed by atoms with Gasteiger partial charge in [-0.05, 0) is 35.7 Å². The average Bonchev–Trinajstić information content (AvgIpc) is 2.91. The van der Waals surface area contributed by atoms with Gasteiger partial charge in [-0.15, -0.1) is 0 Å². The molecule has 9 heteroatoms. The van der Waals surface area contributed by atoms with E-state index in [-0.39, 0.29) is 36.1 Å². The number of nitrogens with one attached hydrogen (secondary N) is 1. The Labute approximate surface area is 210 Å². The summed E-state index contributed by atoms with van der Waals surface area (Å²) in [7, 11) is 1.65. The average molecular weight is 497 g/mol. The summed E-state index contributed by atoms with van der Waals surface area (Å²) in [5.41, 5.74) is 2.92. The van der Waals surface area contributed by atoms with E-state index < -0.39 is 0 Å². The van der Waals surface area contributed by atoms with Crippen LogP contribution in [-0.4, -0.2) is 87.2 Å². The summed E-state index contributed by atoms with van der Waals surface area (Å²) in [6.07, 6.45) is 0.598. The van der Waals surface area contributed by atoms with Crippen LogP contribution >= 0.6 is 0 Å². The zero-order chi connectivity index (χ0) is 25.1. The highest BCUT2D eigenvalue weighted by atomic mass is 19.1. The Morgan fingerprint density at radius 3 is 2.72 bits per heavy atom. The van der Waals surface area contributed by atoms with Gasteiger partial charge in [0.05, 0.1) is 38.8 Å². The lowest BCUT2D eigenvalue weighted by atomic mass is 9.83. The Morgan fingerprint density at radius 1 is 1.11 bits per heavy atom. The van der Waals surface area contributed by atoms with Gasteiger partial charge in [-0.3, -0.25) is 14.5 Å². The molecule has 2 fully saturated rings. The van der Waals surface area contributed by atoms with E-state index in [2.05, 4.69) is 15.1 Å². The van der Waals surface area contributed by atoms with E-state index in [0.717, 1.165) is 35.7 Å². The second kappa shape index (κ2) is 10.8. The smallest absolute Gasteiger partial charge is 0.236 e. The van der Waals surface area contributed by atoms with E-state index in [1.165, 1.54) is 12.1 Å². The topological polar surface area (TPSA) is 74.3 Å². The molecule has 0 saturated carbocycles. The van der Waals surface area contributed by atoms with Crippen molar-refractivity contribution in [2.45, 2.75) is 19.0 Å². The molecule has 2 aromatic rings. The molecule has 3 heterocycles. The Bertz CT molecular complexity index is 1110. The molecular formula is C27H33FN4O4. The number of carbonyl (C=O) groups excluding carboxylic acids is 2. The summed E-state index contributed by atoms with van der Waals surface area (Å²) in [6, 6.07) is 12.2. The monoisotopic (exact) mass is 496 g/mol. The lowest BCUT2D eigenvalue weighted by Crippen LogP contribution is -2.62. The Kier molecular flexibility index (Phi) is 7.38. The fourth-order valence-corrected chi connectivity index (χ4v) is 5.48. The summed E-state index contributed by atoms with van der Waals surface area (Å²) in [6.45, 7) is 5.09. The quantitative estimate of drug-likeness (QED) is 0.656. The van der Waals surface area contributed by atoms with Gasteiger partial charge in [0.25, 0.3) is 0 Å². The van der Waals surface area contributed by atoms with Gasteiger partial charge in [-0.25, -0.2) is 4.39 Å². The molecule has 36 heavy (non-hydrogen) atoms. The Balaban J connectivity index is 1.33. The number of benzene rings is 2. The summed E-state index contributed by atoms with van der Waals surface area (Å²) in [5, 5.41) is 3.03. The molecule has 3 aliphatic heterocycles. The number of amides is 2. The van der Waals surface area contributed by atoms with Crippen LogP contribution in [0.2, 0.25) is 0 Å². The highest BCUT2D eigenvalue weighted by Crippen LogP contribution is 2.38. The van der Waals surface area contributed by atoms with E-state index in [4.69, 9.17) is 9.47 Å². The van der Waals surface area contributed by atoms with Crippen LogP contribution in [0.3, 0.4) is 0 Å². The molecule has 192 valence electrons. The number of ether oxygens (including phenoxy) is 2. The van der Waals surface area contributed by atoms with Crippen molar-refractivity contribution in [3.63, 3.8) is 0 Å². The summed E-state index contributed by atoms with van der Waals surface area (Å²) in [4.78, 5) is 32.7. The molecule has 2 aromatic carbocycles. The standard InChI is InChI=1S/C27H33FN4O4/c1-35-22-6-5-20-14-23(27(34)29-16-19-3-2-4-21(28)13-19)25-17-30(7-8-32(25)24(20)15-22)18-26(33)31-9-11-36-12-10-31/h2-6,13,15,23,25H,7-12,14,16-18H2,1H3,(H,29,34)/t23-,25-/m0/s1. The molecule has 0 aliphatic carbocycles. The van der Waals surface area contributed by atoms with Crippen molar-refractivity contribution in [1.82, 2.24) is 15.1 Å². The van der Waals surface area contributed by atoms with Crippen LogP contribution in [0.15, 0.2) is 42.5 Å². The summed E-state index contributed by atoms with van der Waals surface area (Å²) < 4.78 is 24.4. The first-order chi connectivity index (χ1) is 17.5. The van der Waals surface area contributed by atoms with Crippen molar-refractivity contribution < 1.29 is 23.5 Å². The number of anilines is 1. The van der Waals surface area contributed by atoms with Crippen LogP contribution in [-0.2, 0) is 27.3 Å². The van der Waals surface area contributed by atoms with Gasteiger partial charge in [0.1, 0.15) is 11.6 Å². The van der Waals surface area contributed by atoms with Crippen molar-refractivity contribution in [1.29, 1.82) is 0 Å². The van der Waals surface area contributed by atoms with Crippen molar-refractivity contribution in [2.75, 3.05) is 64.5 Å². The number of carbonyl (C=O) groups is 2. The molecule has 3 aliphatic rings. The third-order valence-corrected chi connectivity index (χ3v) is 7.42. The highest BCUT2D eigenvalue weighted by Gasteiger charge is 2.42. The van der Waals surface area contributed by atoms with Crippen LogP contribution in [0, 0.1) is 11.7 Å². The van der Waals surface area contributed by atoms with Gasteiger partial charge in [0, 0.05) is 51.0 Å². The van der Waals surface area contributed by atoms with E-state index in [1.807, 2.05) is 23.1 Å². The number of rotatable bonds is 6. The molecular weight excluding hydrogens is 463 g/mol. The highest BCUT2D eigenvalue weighted by molar-refractivity contribution is 5.82. The lowest BCUT2D eigenvalue weighted by molar-refractivity contribution is -0.136. The van der Waals surface area contributed by atoms with Crippen LogP contribution in [0.25, 0.3) is 0 Å². The third kappa shape index (κ3) is 5.32. The normalized spacial score (nSPS) is 21.9. The molecule has 2 saturated heterocycles. The molecule has 0 unspecified atom stereocenters. The fraction of sp³-hybridized carbons (Fsp3) is 0.481. The summed E-state index contributed by atoms with van der Waals surface area (Å²) in [5.74, 6) is 0.224. The number of morpholine rings is 1. The van der Waals surface area contributed by atoms with Gasteiger partial charge in [0.15, 0.2) is 0 Å². The van der Waals surface area contributed by atoms with Gasteiger partial charge < -0.3 is 24.6 Å².